The number of rotatable bonds is 4. The van der Waals surface area contributed by atoms with Crippen LogP contribution in [0.1, 0.15) is 71.6 Å². The van der Waals surface area contributed by atoms with E-state index in [1.54, 1.807) is 0 Å². The molecular weight excluding hydrogens is 194 g/mol. The Bertz CT molecular complexity index is 198. The average molecular weight is 223 g/mol. The van der Waals surface area contributed by atoms with Crippen molar-refractivity contribution >= 4 is 0 Å². The SMILES string of the molecule is CCC(CC)NC1CCC2CCCCC2C1. The molecule has 0 spiro atoms. The maximum Gasteiger partial charge on any atom is 0.00724 e. The number of fused-ring (bicyclic) bond motifs is 1. The van der Waals surface area contributed by atoms with Crippen molar-refractivity contribution in [3.8, 4) is 0 Å². The van der Waals surface area contributed by atoms with E-state index >= 15 is 0 Å². The fourth-order valence-corrected chi connectivity index (χ4v) is 3.88. The van der Waals surface area contributed by atoms with E-state index in [0.29, 0.717) is 0 Å². The van der Waals surface area contributed by atoms with Crippen molar-refractivity contribution in [3.63, 3.8) is 0 Å². The first-order chi connectivity index (χ1) is 7.83. The Morgan fingerprint density at radius 3 is 2.31 bits per heavy atom. The van der Waals surface area contributed by atoms with E-state index in [-0.39, 0.29) is 0 Å². The minimum absolute atomic E-state index is 0.769. The van der Waals surface area contributed by atoms with Gasteiger partial charge in [0, 0.05) is 12.1 Å². The third kappa shape index (κ3) is 3.00. The molecule has 2 rings (SSSR count). The average Bonchev–Trinajstić information content (AvgIpc) is 2.35. The van der Waals surface area contributed by atoms with Gasteiger partial charge in [-0.3, -0.25) is 0 Å². The maximum absolute atomic E-state index is 3.89. The summed E-state index contributed by atoms with van der Waals surface area (Å²) in [6, 6.07) is 1.61. The molecule has 94 valence electrons. The molecule has 3 atom stereocenters. The smallest absolute Gasteiger partial charge is 0.00724 e. The third-order valence-electron chi connectivity index (χ3n) is 5.00. The Morgan fingerprint density at radius 2 is 1.62 bits per heavy atom. The van der Waals surface area contributed by atoms with Crippen LogP contribution in [0, 0.1) is 11.8 Å². The molecule has 0 amide bonds. The fourth-order valence-electron chi connectivity index (χ4n) is 3.88. The summed E-state index contributed by atoms with van der Waals surface area (Å²) in [6.45, 7) is 4.63. The van der Waals surface area contributed by atoms with Crippen LogP contribution in [0.5, 0.6) is 0 Å². The van der Waals surface area contributed by atoms with Gasteiger partial charge in [-0.15, -0.1) is 0 Å². The molecule has 0 aliphatic heterocycles. The molecule has 0 aromatic heterocycles. The van der Waals surface area contributed by atoms with Crippen molar-refractivity contribution in [1.82, 2.24) is 5.32 Å². The summed E-state index contributed by atoms with van der Waals surface area (Å²) in [7, 11) is 0. The Labute approximate surface area is 101 Å². The molecule has 2 aliphatic carbocycles. The van der Waals surface area contributed by atoms with E-state index in [1.165, 1.54) is 57.8 Å². The zero-order valence-corrected chi connectivity index (χ0v) is 11.2. The summed E-state index contributed by atoms with van der Waals surface area (Å²) in [6.07, 6.45) is 13.1. The predicted molar refractivity (Wildman–Crippen MR) is 70.6 cm³/mol. The molecule has 1 heteroatoms. The van der Waals surface area contributed by atoms with E-state index in [1.807, 2.05) is 0 Å². The van der Waals surface area contributed by atoms with Gasteiger partial charge in [0.05, 0.1) is 0 Å². The Kier molecular flexibility index (Phi) is 4.69. The lowest BCUT2D eigenvalue weighted by molar-refractivity contribution is 0.137. The molecule has 2 fully saturated rings. The molecule has 0 aromatic rings. The molecule has 16 heavy (non-hydrogen) atoms. The Morgan fingerprint density at radius 1 is 0.938 bits per heavy atom. The summed E-state index contributed by atoms with van der Waals surface area (Å²) in [5.74, 6) is 2.16. The van der Waals surface area contributed by atoms with Crippen LogP contribution in [-0.2, 0) is 0 Å². The van der Waals surface area contributed by atoms with Crippen molar-refractivity contribution in [2.24, 2.45) is 11.8 Å². The van der Waals surface area contributed by atoms with E-state index in [2.05, 4.69) is 19.2 Å². The van der Waals surface area contributed by atoms with Crippen LogP contribution < -0.4 is 5.32 Å². The largest absolute Gasteiger partial charge is 0.311 e. The van der Waals surface area contributed by atoms with Crippen molar-refractivity contribution < 1.29 is 0 Å². The molecule has 0 heterocycles. The second-order valence-corrected chi connectivity index (χ2v) is 5.99. The van der Waals surface area contributed by atoms with Crippen LogP contribution in [0.2, 0.25) is 0 Å². The molecule has 0 bridgehead atoms. The van der Waals surface area contributed by atoms with E-state index < -0.39 is 0 Å². The zero-order valence-electron chi connectivity index (χ0n) is 11.2. The van der Waals surface area contributed by atoms with Gasteiger partial charge in [0.15, 0.2) is 0 Å². The van der Waals surface area contributed by atoms with Gasteiger partial charge in [-0.05, 0) is 43.9 Å². The standard InChI is InChI=1S/C15H29N/c1-3-14(4-2)16-15-10-9-12-7-5-6-8-13(12)11-15/h12-16H,3-11H2,1-2H3. The zero-order chi connectivity index (χ0) is 11.4. The fraction of sp³-hybridized carbons (Fsp3) is 1.00. The molecule has 0 saturated heterocycles. The van der Waals surface area contributed by atoms with E-state index in [4.69, 9.17) is 0 Å². The first kappa shape index (κ1) is 12.4. The van der Waals surface area contributed by atoms with Crippen LogP contribution in [0.15, 0.2) is 0 Å². The van der Waals surface area contributed by atoms with Crippen LogP contribution >= 0.6 is 0 Å². The van der Waals surface area contributed by atoms with E-state index in [0.717, 1.165) is 23.9 Å². The Balaban J connectivity index is 1.80. The first-order valence-corrected chi connectivity index (χ1v) is 7.59. The molecule has 0 aromatic carbocycles. The molecular formula is C15H29N. The van der Waals surface area contributed by atoms with Crippen molar-refractivity contribution in [3.05, 3.63) is 0 Å². The number of hydrogen-bond donors (Lipinski definition) is 1. The lowest BCUT2D eigenvalue weighted by Crippen LogP contribution is -2.43. The monoisotopic (exact) mass is 223 g/mol. The van der Waals surface area contributed by atoms with Gasteiger partial charge in [-0.2, -0.15) is 0 Å². The van der Waals surface area contributed by atoms with Crippen molar-refractivity contribution in [2.45, 2.75) is 83.7 Å². The summed E-state index contributed by atoms with van der Waals surface area (Å²) < 4.78 is 0. The summed E-state index contributed by atoms with van der Waals surface area (Å²) in [5, 5.41) is 3.89. The van der Waals surface area contributed by atoms with Gasteiger partial charge in [0.1, 0.15) is 0 Å². The summed E-state index contributed by atoms with van der Waals surface area (Å²) in [5.41, 5.74) is 0. The maximum atomic E-state index is 3.89. The minimum Gasteiger partial charge on any atom is -0.311 e. The van der Waals surface area contributed by atoms with Gasteiger partial charge in [-0.1, -0.05) is 39.5 Å². The van der Waals surface area contributed by atoms with Crippen molar-refractivity contribution in [1.29, 1.82) is 0 Å². The van der Waals surface area contributed by atoms with Gasteiger partial charge >= 0.3 is 0 Å². The molecule has 2 saturated carbocycles. The first-order valence-electron chi connectivity index (χ1n) is 7.59. The second-order valence-electron chi connectivity index (χ2n) is 5.99. The highest BCUT2D eigenvalue weighted by molar-refractivity contribution is 4.87. The molecule has 3 unspecified atom stereocenters. The molecule has 0 radical (unpaired) electrons. The molecule has 1 nitrogen and oxygen atoms in total. The van der Waals surface area contributed by atoms with Gasteiger partial charge < -0.3 is 5.32 Å². The highest BCUT2D eigenvalue weighted by atomic mass is 14.9. The van der Waals surface area contributed by atoms with Gasteiger partial charge in [-0.25, -0.2) is 0 Å². The highest BCUT2D eigenvalue weighted by Crippen LogP contribution is 2.40. The topological polar surface area (TPSA) is 12.0 Å². The van der Waals surface area contributed by atoms with Crippen molar-refractivity contribution in [2.75, 3.05) is 0 Å². The molecule has 1 N–H and O–H groups in total. The van der Waals surface area contributed by atoms with Crippen LogP contribution in [0.25, 0.3) is 0 Å². The number of hydrogen-bond acceptors (Lipinski definition) is 1. The van der Waals surface area contributed by atoms with E-state index in [9.17, 15) is 0 Å². The lowest BCUT2D eigenvalue weighted by Gasteiger charge is -2.40. The summed E-state index contributed by atoms with van der Waals surface area (Å²) in [4.78, 5) is 0. The normalized spacial score (nSPS) is 35.1. The van der Waals surface area contributed by atoms with Crippen LogP contribution in [0.4, 0.5) is 0 Å². The Hall–Kier alpha value is -0.0400. The van der Waals surface area contributed by atoms with Crippen LogP contribution in [0.3, 0.4) is 0 Å². The lowest BCUT2D eigenvalue weighted by atomic mass is 9.69. The predicted octanol–water partition coefficient (Wildman–Crippen LogP) is 4.12. The third-order valence-corrected chi connectivity index (χ3v) is 5.00. The minimum atomic E-state index is 0.769. The summed E-state index contributed by atoms with van der Waals surface area (Å²) >= 11 is 0. The van der Waals surface area contributed by atoms with Gasteiger partial charge in [0.2, 0.25) is 0 Å². The quantitative estimate of drug-likeness (QED) is 0.756. The second kappa shape index (κ2) is 6.05. The van der Waals surface area contributed by atoms with Crippen LogP contribution in [-0.4, -0.2) is 12.1 Å². The molecule has 2 aliphatic rings. The number of nitrogens with one attached hydrogen (secondary N) is 1. The highest BCUT2D eigenvalue weighted by Gasteiger charge is 2.32. The van der Waals surface area contributed by atoms with Gasteiger partial charge in [0.25, 0.3) is 0 Å².